The molecule has 4 aromatic rings. The number of fused-ring (bicyclic) bond motifs is 2. The number of hydrogen-bond acceptors (Lipinski definition) is 4. The van der Waals surface area contributed by atoms with Gasteiger partial charge in [-0.1, -0.05) is 36.4 Å². The Morgan fingerprint density at radius 1 is 1.14 bits per heavy atom. The van der Waals surface area contributed by atoms with Gasteiger partial charge < -0.3 is 14.6 Å². The highest BCUT2D eigenvalue weighted by atomic mass is 16.5. The summed E-state index contributed by atoms with van der Waals surface area (Å²) in [4.78, 5) is 30.5. The highest BCUT2D eigenvalue weighted by Gasteiger charge is 2.19. The largest absolute Gasteiger partial charge is 0.385 e. The Hall–Kier alpha value is -3.45. The van der Waals surface area contributed by atoms with Gasteiger partial charge in [0.15, 0.2) is 0 Å². The minimum atomic E-state index is -0.238. The Morgan fingerprint density at radius 3 is 2.72 bits per heavy atom. The molecule has 0 radical (unpaired) electrons. The van der Waals surface area contributed by atoms with Gasteiger partial charge in [0, 0.05) is 33.0 Å². The fourth-order valence-corrected chi connectivity index (χ4v) is 3.40. The van der Waals surface area contributed by atoms with Crippen LogP contribution in [-0.4, -0.2) is 33.6 Å². The highest BCUT2D eigenvalue weighted by molar-refractivity contribution is 5.98. The molecule has 1 amide bonds. The molecule has 0 bridgehead atoms. The molecule has 3 aromatic heterocycles. The predicted octanol–water partition coefficient (Wildman–Crippen LogP) is 2.62. The van der Waals surface area contributed by atoms with Gasteiger partial charge in [-0.2, -0.15) is 0 Å². The van der Waals surface area contributed by atoms with Gasteiger partial charge >= 0.3 is 0 Å². The molecular formula is C22H22N4O3. The Kier molecular flexibility index (Phi) is 5.39. The van der Waals surface area contributed by atoms with E-state index in [1.165, 1.54) is 4.40 Å². The van der Waals surface area contributed by atoms with E-state index in [0.29, 0.717) is 48.5 Å². The quantitative estimate of drug-likeness (QED) is 0.492. The molecule has 4 rings (SSSR count). The maximum absolute atomic E-state index is 12.9. The van der Waals surface area contributed by atoms with Gasteiger partial charge in [-0.3, -0.25) is 14.0 Å². The Labute approximate surface area is 167 Å². The lowest BCUT2D eigenvalue weighted by Crippen LogP contribution is -2.25. The molecule has 1 N–H and O–H groups in total. The lowest BCUT2D eigenvalue weighted by molar-refractivity contribution is 0.0941. The number of benzene rings is 1. The summed E-state index contributed by atoms with van der Waals surface area (Å²) in [6.45, 7) is 1.49. The average molecular weight is 390 g/mol. The van der Waals surface area contributed by atoms with Gasteiger partial charge in [-0.15, -0.1) is 0 Å². The molecule has 29 heavy (non-hydrogen) atoms. The van der Waals surface area contributed by atoms with Crippen molar-refractivity contribution in [2.45, 2.75) is 19.5 Å². The number of nitrogens with one attached hydrogen (secondary N) is 1. The molecule has 0 aliphatic carbocycles. The minimum Gasteiger partial charge on any atom is -0.385 e. The molecular weight excluding hydrogens is 368 g/mol. The summed E-state index contributed by atoms with van der Waals surface area (Å²) in [5, 5.41) is 3.37. The van der Waals surface area contributed by atoms with E-state index in [1.54, 1.807) is 31.5 Å². The number of pyridine rings is 1. The molecule has 0 saturated carbocycles. The van der Waals surface area contributed by atoms with E-state index in [0.717, 1.165) is 5.56 Å². The van der Waals surface area contributed by atoms with Crippen molar-refractivity contribution in [1.82, 2.24) is 19.3 Å². The third-order valence-electron chi connectivity index (χ3n) is 4.84. The van der Waals surface area contributed by atoms with E-state index in [-0.39, 0.29) is 11.5 Å². The first-order valence-electron chi connectivity index (χ1n) is 9.51. The van der Waals surface area contributed by atoms with E-state index >= 15 is 0 Å². The number of aromatic nitrogens is 3. The number of ether oxygens (including phenoxy) is 1. The van der Waals surface area contributed by atoms with Crippen LogP contribution < -0.4 is 10.9 Å². The Bertz CT molecular complexity index is 1210. The maximum Gasteiger partial charge on any atom is 0.268 e. The number of carbonyl (C=O) groups excluding carboxylic acids is 1. The number of rotatable bonds is 7. The third-order valence-corrected chi connectivity index (χ3v) is 4.84. The molecule has 0 aliphatic rings. The van der Waals surface area contributed by atoms with Crippen LogP contribution in [-0.2, 0) is 17.8 Å². The molecule has 0 fully saturated rings. The topological polar surface area (TPSA) is 77.6 Å². The second kappa shape index (κ2) is 8.28. The smallest absolute Gasteiger partial charge is 0.268 e. The number of amides is 1. The monoisotopic (exact) mass is 390 g/mol. The predicted molar refractivity (Wildman–Crippen MR) is 111 cm³/mol. The lowest BCUT2D eigenvalue weighted by Gasteiger charge is -2.11. The SMILES string of the molecule is COCCCn1c(C(=O)NCc2ccccc2)cc2c(=O)n3ccccc3nc21. The number of carbonyl (C=O) groups is 1. The summed E-state index contributed by atoms with van der Waals surface area (Å²) in [6.07, 6.45) is 2.39. The lowest BCUT2D eigenvalue weighted by atomic mass is 10.2. The molecule has 3 heterocycles. The average Bonchev–Trinajstić information content (AvgIpc) is 3.12. The number of hydrogen-bond donors (Lipinski definition) is 1. The van der Waals surface area contributed by atoms with Crippen molar-refractivity contribution < 1.29 is 9.53 Å². The van der Waals surface area contributed by atoms with E-state index < -0.39 is 0 Å². The second-order valence-electron chi connectivity index (χ2n) is 6.78. The van der Waals surface area contributed by atoms with Crippen molar-refractivity contribution in [2.75, 3.05) is 13.7 Å². The normalized spacial score (nSPS) is 11.2. The van der Waals surface area contributed by atoms with Crippen LogP contribution in [0.2, 0.25) is 0 Å². The first-order chi connectivity index (χ1) is 14.2. The molecule has 0 aliphatic heterocycles. The van der Waals surface area contributed by atoms with Gasteiger partial charge in [-0.25, -0.2) is 4.98 Å². The van der Waals surface area contributed by atoms with E-state index in [1.807, 2.05) is 41.0 Å². The summed E-state index contributed by atoms with van der Waals surface area (Å²) in [7, 11) is 1.64. The van der Waals surface area contributed by atoms with Crippen LogP contribution in [0.1, 0.15) is 22.5 Å². The molecule has 0 unspecified atom stereocenters. The van der Waals surface area contributed by atoms with Gasteiger partial charge in [0.25, 0.3) is 11.5 Å². The minimum absolute atomic E-state index is 0.187. The van der Waals surface area contributed by atoms with E-state index in [2.05, 4.69) is 10.3 Å². The van der Waals surface area contributed by atoms with Crippen LogP contribution in [0, 0.1) is 0 Å². The van der Waals surface area contributed by atoms with Crippen LogP contribution >= 0.6 is 0 Å². The first kappa shape index (κ1) is 18.9. The van der Waals surface area contributed by atoms with Crippen LogP contribution in [0.5, 0.6) is 0 Å². The number of nitrogens with zero attached hydrogens (tertiary/aromatic N) is 3. The van der Waals surface area contributed by atoms with E-state index in [9.17, 15) is 9.59 Å². The van der Waals surface area contributed by atoms with Crippen molar-refractivity contribution >= 4 is 22.6 Å². The maximum atomic E-state index is 12.9. The summed E-state index contributed by atoms with van der Waals surface area (Å²) >= 11 is 0. The summed E-state index contributed by atoms with van der Waals surface area (Å²) in [5.41, 5.74) is 2.31. The molecule has 148 valence electrons. The summed E-state index contributed by atoms with van der Waals surface area (Å²) in [6, 6.07) is 16.7. The fraction of sp³-hybridized carbons (Fsp3) is 0.227. The van der Waals surface area contributed by atoms with Gasteiger partial charge in [-0.05, 0) is 30.2 Å². The van der Waals surface area contributed by atoms with Crippen LogP contribution in [0.25, 0.3) is 16.7 Å². The van der Waals surface area contributed by atoms with Crippen molar-refractivity contribution in [1.29, 1.82) is 0 Å². The molecule has 7 heteroatoms. The zero-order chi connectivity index (χ0) is 20.2. The Balaban J connectivity index is 1.75. The fourth-order valence-electron chi connectivity index (χ4n) is 3.40. The standard InChI is InChI=1S/C22H22N4O3/c1-29-13-7-12-25-18(21(27)23-15-16-8-3-2-4-9-16)14-17-20(25)24-19-10-5-6-11-26(19)22(17)28/h2-6,8-11,14H,7,12-13,15H2,1H3,(H,23,27). The van der Waals surface area contributed by atoms with Gasteiger partial charge in [0.05, 0.1) is 5.39 Å². The molecule has 0 saturated heterocycles. The summed E-state index contributed by atoms with van der Waals surface area (Å²) in [5.74, 6) is -0.238. The van der Waals surface area contributed by atoms with Gasteiger partial charge in [0.1, 0.15) is 17.0 Å². The molecule has 0 atom stereocenters. The third kappa shape index (κ3) is 3.77. The van der Waals surface area contributed by atoms with Crippen molar-refractivity contribution in [3.8, 4) is 0 Å². The molecule has 7 nitrogen and oxygen atoms in total. The van der Waals surface area contributed by atoms with Crippen molar-refractivity contribution in [3.05, 3.63) is 82.4 Å². The molecule has 1 aromatic carbocycles. The Morgan fingerprint density at radius 2 is 1.93 bits per heavy atom. The zero-order valence-electron chi connectivity index (χ0n) is 16.2. The number of aryl methyl sites for hydroxylation is 1. The van der Waals surface area contributed by atoms with Crippen LogP contribution in [0.3, 0.4) is 0 Å². The summed E-state index contributed by atoms with van der Waals surface area (Å²) < 4.78 is 8.45. The van der Waals surface area contributed by atoms with Crippen LogP contribution in [0.4, 0.5) is 0 Å². The molecule has 0 spiro atoms. The number of methoxy groups -OCH3 is 1. The zero-order valence-corrected chi connectivity index (χ0v) is 16.2. The van der Waals surface area contributed by atoms with Crippen molar-refractivity contribution in [2.24, 2.45) is 0 Å². The van der Waals surface area contributed by atoms with Crippen LogP contribution in [0.15, 0.2) is 65.6 Å². The second-order valence-corrected chi connectivity index (χ2v) is 6.78. The first-order valence-corrected chi connectivity index (χ1v) is 9.51. The van der Waals surface area contributed by atoms with E-state index in [4.69, 9.17) is 4.74 Å². The highest BCUT2D eigenvalue weighted by Crippen LogP contribution is 2.17. The van der Waals surface area contributed by atoms with Gasteiger partial charge in [0.2, 0.25) is 0 Å². The van der Waals surface area contributed by atoms with Crippen molar-refractivity contribution in [3.63, 3.8) is 0 Å².